The molecular formula is C19H18N4O2S. The molecule has 132 valence electrons. The summed E-state index contributed by atoms with van der Waals surface area (Å²) in [5.74, 6) is 0.0569. The fourth-order valence-electron chi connectivity index (χ4n) is 3.35. The number of fused-ring (bicyclic) bond motifs is 1. The summed E-state index contributed by atoms with van der Waals surface area (Å²) >= 11 is 1.39. The lowest BCUT2D eigenvalue weighted by Gasteiger charge is -2.35. The molecule has 0 aliphatic carbocycles. The van der Waals surface area contributed by atoms with Gasteiger partial charge in [-0.15, -0.1) is 11.3 Å². The molecule has 1 unspecified atom stereocenters. The molecule has 6 nitrogen and oxygen atoms in total. The lowest BCUT2D eigenvalue weighted by atomic mass is 9.96. The van der Waals surface area contributed by atoms with Gasteiger partial charge in [-0.25, -0.2) is 4.98 Å². The largest absolute Gasteiger partial charge is 0.348 e. The van der Waals surface area contributed by atoms with Crippen LogP contribution in [0.4, 0.5) is 0 Å². The van der Waals surface area contributed by atoms with Crippen molar-refractivity contribution in [2.45, 2.75) is 25.8 Å². The highest BCUT2D eigenvalue weighted by molar-refractivity contribution is 7.12. The summed E-state index contributed by atoms with van der Waals surface area (Å²) in [5, 5.41) is 1.89. The molecule has 26 heavy (non-hydrogen) atoms. The molecule has 0 bridgehead atoms. The first-order chi connectivity index (χ1) is 12.6. The standard InChI is InChI=1S/C19H18N4O2S/c1-12(24)16-7-13(10-26-16)8-17(25)23-6-4-15-18(22-11-21-15)19(23)14-3-2-5-20-9-14/h2-3,5,7,9-11,19H,4,6,8H2,1H3,(H,21,22). The number of carbonyl (C=O) groups is 2. The lowest BCUT2D eigenvalue weighted by molar-refractivity contribution is -0.132. The van der Waals surface area contributed by atoms with Gasteiger partial charge in [0.2, 0.25) is 5.91 Å². The van der Waals surface area contributed by atoms with Crippen molar-refractivity contribution in [3.8, 4) is 0 Å². The van der Waals surface area contributed by atoms with Crippen LogP contribution >= 0.6 is 11.3 Å². The summed E-state index contributed by atoms with van der Waals surface area (Å²) in [7, 11) is 0. The molecule has 0 spiro atoms. The van der Waals surface area contributed by atoms with E-state index in [1.54, 1.807) is 25.6 Å². The topological polar surface area (TPSA) is 79.0 Å². The van der Waals surface area contributed by atoms with Crippen LogP contribution in [0.25, 0.3) is 0 Å². The van der Waals surface area contributed by atoms with Crippen LogP contribution in [0.15, 0.2) is 42.3 Å². The van der Waals surface area contributed by atoms with Crippen molar-refractivity contribution in [3.05, 3.63) is 69.7 Å². The summed E-state index contributed by atoms with van der Waals surface area (Å²) < 4.78 is 0. The SMILES string of the molecule is CC(=O)c1cc(CC(=O)N2CCc3[nH]cnc3C2c2cccnc2)cs1. The van der Waals surface area contributed by atoms with Crippen LogP contribution in [-0.4, -0.2) is 38.1 Å². The quantitative estimate of drug-likeness (QED) is 0.720. The number of pyridine rings is 1. The second kappa shape index (κ2) is 6.84. The number of hydrogen-bond acceptors (Lipinski definition) is 5. The number of imidazole rings is 1. The van der Waals surface area contributed by atoms with E-state index in [-0.39, 0.29) is 24.2 Å². The minimum absolute atomic E-state index is 0.0282. The van der Waals surface area contributed by atoms with E-state index in [0.29, 0.717) is 11.4 Å². The Labute approximate surface area is 154 Å². The zero-order valence-electron chi connectivity index (χ0n) is 14.3. The molecule has 0 saturated heterocycles. The normalized spacial score (nSPS) is 16.3. The molecule has 1 atom stereocenters. The van der Waals surface area contributed by atoms with Crippen LogP contribution in [0.1, 0.15) is 45.2 Å². The van der Waals surface area contributed by atoms with E-state index in [9.17, 15) is 9.59 Å². The number of rotatable bonds is 4. The molecule has 3 aromatic heterocycles. The molecule has 1 N–H and O–H groups in total. The number of nitrogens with zero attached hydrogens (tertiary/aromatic N) is 3. The second-order valence-corrected chi connectivity index (χ2v) is 7.26. The van der Waals surface area contributed by atoms with Gasteiger partial charge in [-0.1, -0.05) is 6.07 Å². The van der Waals surface area contributed by atoms with E-state index in [0.717, 1.165) is 28.9 Å². The van der Waals surface area contributed by atoms with E-state index in [2.05, 4.69) is 15.0 Å². The van der Waals surface area contributed by atoms with Gasteiger partial charge in [0.25, 0.3) is 0 Å². The Balaban J connectivity index is 1.63. The Morgan fingerprint density at radius 2 is 2.31 bits per heavy atom. The number of aromatic amines is 1. The van der Waals surface area contributed by atoms with Gasteiger partial charge in [0.05, 0.1) is 23.3 Å². The molecule has 1 amide bonds. The van der Waals surface area contributed by atoms with E-state index < -0.39 is 0 Å². The van der Waals surface area contributed by atoms with E-state index in [1.165, 1.54) is 11.3 Å². The first kappa shape index (κ1) is 16.7. The minimum Gasteiger partial charge on any atom is -0.348 e. The average molecular weight is 366 g/mol. The maximum Gasteiger partial charge on any atom is 0.227 e. The second-order valence-electron chi connectivity index (χ2n) is 6.34. The van der Waals surface area contributed by atoms with Crippen molar-refractivity contribution in [3.63, 3.8) is 0 Å². The average Bonchev–Trinajstić information content (AvgIpc) is 3.30. The van der Waals surface area contributed by atoms with Crippen LogP contribution in [0.5, 0.6) is 0 Å². The van der Waals surface area contributed by atoms with Crippen molar-refractivity contribution in [1.29, 1.82) is 0 Å². The van der Waals surface area contributed by atoms with Gasteiger partial charge in [-0.2, -0.15) is 0 Å². The molecular weight excluding hydrogens is 348 g/mol. The number of H-pyrrole nitrogens is 1. The Kier molecular flexibility index (Phi) is 4.38. The smallest absolute Gasteiger partial charge is 0.227 e. The molecule has 4 heterocycles. The highest BCUT2D eigenvalue weighted by atomic mass is 32.1. The van der Waals surface area contributed by atoms with E-state index >= 15 is 0 Å². The van der Waals surface area contributed by atoms with Crippen molar-refractivity contribution in [2.75, 3.05) is 6.54 Å². The number of carbonyl (C=O) groups excluding carboxylic acids is 2. The van der Waals surface area contributed by atoms with Crippen LogP contribution in [0, 0.1) is 0 Å². The first-order valence-corrected chi connectivity index (χ1v) is 9.31. The molecule has 4 rings (SSSR count). The third-order valence-electron chi connectivity index (χ3n) is 4.60. The highest BCUT2D eigenvalue weighted by Gasteiger charge is 2.34. The van der Waals surface area contributed by atoms with Gasteiger partial charge >= 0.3 is 0 Å². The number of nitrogens with one attached hydrogen (secondary N) is 1. The molecule has 3 aromatic rings. The Morgan fingerprint density at radius 3 is 3.04 bits per heavy atom. The van der Waals surface area contributed by atoms with Crippen LogP contribution in [-0.2, 0) is 17.6 Å². The third kappa shape index (κ3) is 3.06. The highest BCUT2D eigenvalue weighted by Crippen LogP contribution is 2.33. The number of ketones is 1. The molecule has 0 radical (unpaired) electrons. The van der Waals surface area contributed by atoms with E-state index in [4.69, 9.17) is 0 Å². The zero-order valence-corrected chi connectivity index (χ0v) is 15.1. The number of thiophene rings is 1. The lowest BCUT2D eigenvalue weighted by Crippen LogP contribution is -2.41. The predicted molar refractivity (Wildman–Crippen MR) is 98.1 cm³/mol. The van der Waals surface area contributed by atoms with Crippen molar-refractivity contribution in [2.24, 2.45) is 0 Å². The van der Waals surface area contributed by atoms with Crippen molar-refractivity contribution in [1.82, 2.24) is 19.9 Å². The molecule has 7 heteroatoms. The van der Waals surface area contributed by atoms with Gasteiger partial charge in [-0.05, 0) is 35.6 Å². The predicted octanol–water partition coefficient (Wildman–Crippen LogP) is 2.79. The minimum atomic E-state index is -0.239. The third-order valence-corrected chi connectivity index (χ3v) is 5.68. The molecule has 0 saturated carbocycles. The fourth-order valence-corrected chi connectivity index (χ4v) is 4.16. The summed E-state index contributed by atoms with van der Waals surface area (Å²) in [5.41, 5.74) is 3.77. The van der Waals surface area contributed by atoms with Crippen molar-refractivity contribution < 1.29 is 9.59 Å². The van der Waals surface area contributed by atoms with E-state index in [1.807, 2.05) is 28.5 Å². The summed E-state index contributed by atoms with van der Waals surface area (Å²) in [6.45, 7) is 2.16. The molecule has 0 fully saturated rings. The number of hydrogen-bond donors (Lipinski definition) is 1. The summed E-state index contributed by atoms with van der Waals surface area (Å²) in [6, 6.07) is 5.42. The van der Waals surface area contributed by atoms with Crippen LogP contribution in [0.2, 0.25) is 0 Å². The molecule has 1 aliphatic rings. The number of aromatic nitrogens is 3. The Morgan fingerprint density at radius 1 is 1.42 bits per heavy atom. The molecule has 1 aliphatic heterocycles. The maximum absolute atomic E-state index is 13.0. The maximum atomic E-state index is 13.0. The van der Waals surface area contributed by atoms with Gasteiger partial charge in [0.1, 0.15) is 6.04 Å². The van der Waals surface area contributed by atoms with Gasteiger partial charge < -0.3 is 9.88 Å². The summed E-state index contributed by atoms with van der Waals surface area (Å²) in [4.78, 5) is 38.9. The monoisotopic (exact) mass is 366 g/mol. The van der Waals surface area contributed by atoms with Crippen LogP contribution < -0.4 is 0 Å². The Hall–Kier alpha value is -2.80. The van der Waals surface area contributed by atoms with Gasteiger partial charge in [0.15, 0.2) is 5.78 Å². The Bertz CT molecular complexity index is 947. The van der Waals surface area contributed by atoms with Crippen LogP contribution in [0.3, 0.4) is 0 Å². The summed E-state index contributed by atoms with van der Waals surface area (Å²) in [6.07, 6.45) is 6.21. The first-order valence-electron chi connectivity index (χ1n) is 8.43. The molecule has 0 aromatic carbocycles. The number of amides is 1. The fraction of sp³-hybridized carbons (Fsp3) is 0.263. The van der Waals surface area contributed by atoms with Gasteiger partial charge in [0, 0.05) is 31.1 Å². The zero-order chi connectivity index (χ0) is 18.1. The van der Waals surface area contributed by atoms with Gasteiger partial charge in [-0.3, -0.25) is 14.6 Å². The number of Topliss-reactive ketones (excluding diaryl/α,β-unsaturated/α-hetero) is 1. The van der Waals surface area contributed by atoms with Crippen molar-refractivity contribution >= 4 is 23.0 Å².